The molecule has 4 nitrogen and oxygen atoms in total. The fourth-order valence-corrected chi connectivity index (χ4v) is 3.72. The maximum atomic E-state index is 12.0. The van der Waals surface area contributed by atoms with E-state index in [-0.39, 0.29) is 12.5 Å². The summed E-state index contributed by atoms with van der Waals surface area (Å²) in [6.45, 7) is 4.28. The Morgan fingerprint density at radius 3 is 2.95 bits per heavy atom. The van der Waals surface area contributed by atoms with Gasteiger partial charge in [0.15, 0.2) is 11.7 Å². The van der Waals surface area contributed by atoms with Gasteiger partial charge in [-0.25, -0.2) is 4.98 Å². The maximum absolute atomic E-state index is 12.0. The second kappa shape index (κ2) is 6.48. The summed E-state index contributed by atoms with van der Waals surface area (Å²) in [6.07, 6.45) is 3.27. The molecule has 1 amide bonds. The molecular formula is C17H20N2O2S. The quantitative estimate of drug-likeness (QED) is 0.938. The second-order valence-corrected chi connectivity index (χ2v) is 6.97. The van der Waals surface area contributed by atoms with E-state index >= 15 is 0 Å². The van der Waals surface area contributed by atoms with Crippen LogP contribution in [0.5, 0.6) is 5.75 Å². The van der Waals surface area contributed by atoms with Crippen LogP contribution in [0.15, 0.2) is 24.3 Å². The Hall–Kier alpha value is -1.88. The van der Waals surface area contributed by atoms with Crippen molar-refractivity contribution in [1.29, 1.82) is 0 Å². The van der Waals surface area contributed by atoms with Crippen molar-refractivity contribution in [2.75, 3.05) is 11.9 Å². The standard InChI is InChI=1S/C17H20N2O2S/c1-11-3-6-13(7-4-11)21-10-16(20)19-17-18-14-8-5-12(2)9-15(14)22-17/h3-4,6-7,12H,5,8-10H2,1-2H3,(H,18,19,20)/t12-/m0/s1. The van der Waals surface area contributed by atoms with E-state index in [1.165, 1.54) is 16.9 Å². The molecule has 1 aromatic heterocycles. The molecule has 1 N–H and O–H groups in total. The molecule has 5 heteroatoms. The molecule has 22 heavy (non-hydrogen) atoms. The van der Waals surface area contributed by atoms with E-state index in [4.69, 9.17) is 4.74 Å². The molecule has 0 unspecified atom stereocenters. The van der Waals surface area contributed by atoms with Gasteiger partial charge in [0.05, 0.1) is 5.69 Å². The first-order chi connectivity index (χ1) is 10.6. The number of aryl methyl sites for hydroxylation is 2. The van der Waals surface area contributed by atoms with Crippen LogP contribution in [0.25, 0.3) is 0 Å². The molecular weight excluding hydrogens is 296 g/mol. The van der Waals surface area contributed by atoms with Gasteiger partial charge >= 0.3 is 0 Å². The molecule has 0 saturated heterocycles. The molecule has 3 rings (SSSR count). The highest BCUT2D eigenvalue weighted by Crippen LogP contribution is 2.32. The van der Waals surface area contributed by atoms with Crippen LogP contribution in [-0.2, 0) is 17.6 Å². The van der Waals surface area contributed by atoms with Crippen molar-refractivity contribution < 1.29 is 9.53 Å². The first kappa shape index (κ1) is 15.0. The molecule has 1 aromatic carbocycles. The predicted molar refractivity (Wildman–Crippen MR) is 88.6 cm³/mol. The number of aromatic nitrogens is 1. The SMILES string of the molecule is Cc1ccc(OCC(=O)Nc2nc3c(s2)C[C@@H](C)CC3)cc1. The third-order valence-electron chi connectivity index (χ3n) is 3.82. The molecule has 2 aromatic rings. The lowest BCUT2D eigenvalue weighted by Crippen LogP contribution is -2.20. The average molecular weight is 316 g/mol. The normalized spacial score (nSPS) is 16.9. The summed E-state index contributed by atoms with van der Waals surface area (Å²) < 4.78 is 5.48. The zero-order chi connectivity index (χ0) is 15.5. The third-order valence-corrected chi connectivity index (χ3v) is 4.86. The van der Waals surface area contributed by atoms with E-state index < -0.39 is 0 Å². The topological polar surface area (TPSA) is 51.2 Å². The Morgan fingerprint density at radius 2 is 2.18 bits per heavy atom. The number of ether oxygens (including phenoxy) is 1. The van der Waals surface area contributed by atoms with Crippen molar-refractivity contribution in [2.45, 2.75) is 33.1 Å². The maximum Gasteiger partial charge on any atom is 0.264 e. The number of rotatable bonds is 4. The van der Waals surface area contributed by atoms with Gasteiger partial charge in [-0.1, -0.05) is 24.6 Å². The van der Waals surface area contributed by atoms with Crippen molar-refractivity contribution in [1.82, 2.24) is 4.98 Å². The first-order valence-electron chi connectivity index (χ1n) is 7.58. The highest BCUT2D eigenvalue weighted by molar-refractivity contribution is 7.15. The largest absolute Gasteiger partial charge is 0.484 e. The number of benzene rings is 1. The number of hydrogen-bond donors (Lipinski definition) is 1. The van der Waals surface area contributed by atoms with Crippen LogP contribution in [0.3, 0.4) is 0 Å². The van der Waals surface area contributed by atoms with Crippen molar-refractivity contribution in [2.24, 2.45) is 5.92 Å². The van der Waals surface area contributed by atoms with Gasteiger partial charge in [0.2, 0.25) is 0 Å². The van der Waals surface area contributed by atoms with E-state index in [1.54, 1.807) is 11.3 Å². The van der Waals surface area contributed by atoms with E-state index in [0.29, 0.717) is 16.8 Å². The van der Waals surface area contributed by atoms with E-state index in [2.05, 4.69) is 17.2 Å². The zero-order valence-electron chi connectivity index (χ0n) is 12.9. The van der Waals surface area contributed by atoms with Crippen molar-refractivity contribution in [3.8, 4) is 5.75 Å². The summed E-state index contributed by atoms with van der Waals surface area (Å²) in [6, 6.07) is 7.66. The minimum absolute atomic E-state index is 0.00368. The fourth-order valence-electron chi connectivity index (χ4n) is 2.53. The minimum Gasteiger partial charge on any atom is -0.484 e. The van der Waals surface area contributed by atoms with E-state index in [9.17, 15) is 4.79 Å². The number of anilines is 1. The van der Waals surface area contributed by atoms with Crippen LogP contribution in [0.4, 0.5) is 5.13 Å². The molecule has 1 aliphatic carbocycles. The molecule has 1 aliphatic rings. The molecule has 116 valence electrons. The van der Waals surface area contributed by atoms with Gasteiger partial charge in [-0.2, -0.15) is 0 Å². The predicted octanol–water partition coefficient (Wildman–Crippen LogP) is 3.59. The van der Waals surface area contributed by atoms with E-state index in [1.807, 2.05) is 31.2 Å². The number of nitrogens with one attached hydrogen (secondary N) is 1. The van der Waals surface area contributed by atoms with Crippen molar-refractivity contribution >= 4 is 22.4 Å². The number of fused-ring (bicyclic) bond motifs is 1. The van der Waals surface area contributed by atoms with Gasteiger partial charge in [0.25, 0.3) is 5.91 Å². The molecule has 0 bridgehead atoms. The molecule has 0 radical (unpaired) electrons. The Bertz CT molecular complexity index is 664. The summed E-state index contributed by atoms with van der Waals surface area (Å²) in [5, 5.41) is 3.53. The number of hydrogen-bond acceptors (Lipinski definition) is 4. The molecule has 1 atom stereocenters. The molecule has 1 heterocycles. The van der Waals surface area contributed by atoms with Crippen molar-refractivity contribution in [3.63, 3.8) is 0 Å². The van der Waals surface area contributed by atoms with Crippen LogP contribution < -0.4 is 10.1 Å². The lowest BCUT2D eigenvalue weighted by Gasteiger charge is -2.15. The van der Waals surface area contributed by atoms with Gasteiger partial charge in [-0.15, -0.1) is 11.3 Å². The van der Waals surface area contributed by atoms with Crippen LogP contribution in [-0.4, -0.2) is 17.5 Å². The van der Waals surface area contributed by atoms with Crippen LogP contribution in [0, 0.1) is 12.8 Å². The van der Waals surface area contributed by atoms with Crippen LogP contribution >= 0.6 is 11.3 Å². The third kappa shape index (κ3) is 3.65. The zero-order valence-corrected chi connectivity index (χ0v) is 13.7. The van der Waals surface area contributed by atoms with Crippen LogP contribution in [0.2, 0.25) is 0 Å². The summed E-state index contributed by atoms with van der Waals surface area (Å²) >= 11 is 1.59. The first-order valence-corrected chi connectivity index (χ1v) is 8.39. The number of amides is 1. The summed E-state index contributed by atoms with van der Waals surface area (Å²) in [5.74, 6) is 1.24. The Morgan fingerprint density at radius 1 is 1.41 bits per heavy atom. The monoisotopic (exact) mass is 316 g/mol. The number of carbonyl (C=O) groups excluding carboxylic acids is 1. The Balaban J connectivity index is 1.54. The average Bonchev–Trinajstić information content (AvgIpc) is 2.88. The van der Waals surface area contributed by atoms with Gasteiger partial charge in [0, 0.05) is 4.88 Å². The lowest BCUT2D eigenvalue weighted by molar-refractivity contribution is -0.118. The Labute approximate surface area is 134 Å². The number of nitrogens with zero attached hydrogens (tertiary/aromatic N) is 1. The second-order valence-electron chi connectivity index (χ2n) is 5.89. The van der Waals surface area contributed by atoms with Gasteiger partial charge in [-0.3, -0.25) is 10.1 Å². The number of thiazole rings is 1. The van der Waals surface area contributed by atoms with Gasteiger partial charge in [0.1, 0.15) is 5.75 Å². The van der Waals surface area contributed by atoms with E-state index in [0.717, 1.165) is 18.5 Å². The lowest BCUT2D eigenvalue weighted by atomic mass is 9.93. The molecule has 0 fully saturated rings. The van der Waals surface area contributed by atoms with Crippen LogP contribution in [0.1, 0.15) is 29.5 Å². The summed E-state index contributed by atoms with van der Waals surface area (Å²) in [4.78, 5) is 17.8. The summed E-state index contributed by atoms with van der Waals surface area (Å²) in [7, 11) is 0. The Kier molecular flexibility index (Phi) is 4.43. The minimum atomic E-state index is -0.167. The van der Waals surface area contributed by atoms with Gasteiger partial charge < -0.3 is 4.74 Å². The molecule has 0 aliphatic heterocycles. The highest BCUT2D eigenvalue weighted by Gasteiger charge is 2.20. The van der Waals surface area contributed by atoms with Crippen molar-refractivity contribution in [3.05, 3.63) is 40.4 Å². The van der Waals surface area contributed by atoms with Gasteiger partial charge in [-0.05, 0) is 44.2 Å². The smallest absolute Gasteiger partial charge is 0.264 e. The number of carbonyl (C=O) groups is 1. The highest BCUT2D eigenvalue weighted by atomic mass is 32.1. The molecule has 0 spiro atoms. The summed E-state index contributed by atoms with van der Waals surface area (Å²) in [5.41, 5.74) is 2.32. The molecule has 0 saturated carbocycles. The fraction of sp³-hybridized carbons (Fsp3) is 0.412.